The van der Waals surface area contributed by atoms with Crippen LogP contribution in [0.1, 0.15) is 24.9 Å². The van der Waals surface area contributed by atoms with Gasteiger partial charge in [-0.2, -0.15) is 5.10 Å². The quantitative estimate of drug-likeness (QED) is 0.402. The Hall–Kier alpha value is -2.35. The van der Waals surface area contributed by atoms with Gasteiger partial charge in [0.1, 0.15) is 5.01 Å². The van der Waals surface area contributed by atoms with Crippen molar-refractivity contribution in [3.05, 3.63) is 64.4 Å². The number of thiazole rings is 1. The topological polar surface area (TPSA) is 38.9 Å². The summed E-state index contributed by atoms with van der Waals surface area (Å²) in [5, 5.41) is 5.93. The standard InChI is InChI=1S/C21H23N5S2/c1-4-25-19(16-10-6-5-7-11-16)23-26(21(25)27)14-24(3)15(2)20-22-17-12-8-9-13-18(17)28-20/h5-13,15H,4,14H2,1-3H3/t15-/m1/s1. The lowest BCUT2D eigenvalue weighted by Crippen LogP contribution is -2.26. The van der Waals surface area contributed by atoms with Crippen LogP contribution in [0.4, 0.5) is 0 Å². The van der Waals surface area contributed by atoms with E-state index in [1.54, 1.807) is 11.3 Å². The highest BCUT2D eigenvalue weighted by Gasteiger charge is 2.19. The number of fused-ring (bicyclic) bond motifs is 1. The van der Waals surface area contributed by atoms with Gasteiger partial charge in [0.25, 0.3) is 0 Å². The van der Waals surface area contributed by atoms with Crippen LogP contribution in [0.25, 0.3) is 21.6 Å². The molecule has 0 aliphatic rings. The Bertz CT molecular complexity index is 1110. The molecule has 2 heterocycles. The average Bonchev–Trinajstić information content (AvgIpc) is 3.29. The number of rotatable bonds is 6. The van der Waals surface area contributed by atoms with Gasteiger partial charge in [0.2, 0.25) is 0 Å². The fourth-order valence-electron chi connectivity index (χ4n) is 3.21. The van der Waals surface area contributed by atoms with E-state index in [1.165, 1.54) is 4.70 Å². The van der Waals surface area contributed by atoms with Gasteiger partial charge in [0.05, 0.1) is 22.9 Å². The molecule has 0 unspecified atom stereocenters. The molecule has 5 nitrogen and oxygen atoms in total. The summed E-state index contributed by atoms with van der Waals surface area (Å²) in [6, 6.07) is 18.6. The van der Waals surface area contributed by atoms with Crippen molar-refractivity contribution >= 4 is 33.8 Å². The van der Waals surface area contributed by atoms with Crippen molar-refractivity contribution < 1.29 is 0 Å². The zero-order valence-corrected chi connectivity index (χ0v) is 17.9. The van der Waals surface area contributed by atoms with Crippen LogP contribution in [0.2, 0.25) is 0 Å². The summed E-state index contributed by atoms with van der Waals surface area (Å²) >= 11 is 7.45. The Morgan fingerprint density at radius 3 is 2.54 bits per heavy atom. The summed E-state index contributed by atoms with van der Waals surface area (Å²) in [5.41, 5.74) is 2.14. The van der Waals surface area contributed by atoms with E-state index in [2.05, 4.69) is 60.7 Å². The molecule has 7 heteroatoms. The summed E-state index contributed by atoms with van der Waals surface area (Å²) in [7, 11) is 2.09. The second-order valence-electron chi connectivity index (χ2n) is 6.81. The van der Waals surface area contributed by atoms with Gasteiger partial charge in [-0.15, -0.1) is 11.3 Å². The van der Waals surface area contributed by atoms with Crippen molar-refractivity contribution in [1.29, 1.82) is 0 Å². The molecule has 0 bridgehead atoms. The molecule has 28 heavy (non-hydrogen) atoms. The fourth-order valence-corrected chi connectivity index (χ4v) is 4.61. The third-order valence-corrected chi connectivity index (χ3v) is 6.59. The normalized spacial score (nSPS) is 12.7. The number of aromatic nitrogens is 4. The molecule has 4 rings (SSSR count). The Labute approximate surface area is 173 Å². The van der Waals surface area contributed by atoms with E-state index in [1.807, 2.05) is 28.9 Å². The minimum Gasteiger partial charge on any atom is -0.300 e. The van der Waals surface area contributed by atoms with Crippen LogP contribution < -0.4 is 0 Å². The maximum absolute atomic E-state index is 5.71. The maximum atomic E-state index is 5.71. The predicted molar refractivity (Wildman–Crippen MR) is 118 cm³/mol. The molecule has 0 N–H and O–H groups in total. The summed E-state index contributed by atoms with van der Waals surface area (Å²) in [6.07, 6.45) is 0. The minimum atomic E-state index is 0.172. The van der Waals surface area contributed by atoms with Crippen LogP contribution in [0, 0.1) is 4.77 Å². The van der Waals surface area contributed by atoms with Crippen LogP contribution in [-0.2, 0) is 13.2 Å². The number of hydrogen-bond donors (Lipinski definition) is 0. The zero-order chi connectivity index (χ0) is 19.7. The van der Waals surface area contributed by atoms with E-state index >= 15 is 0 Å². The van der Waals surface area contributed by atoms with Gasteiger partial charge in [-0.05, 0) is 45.2 Å². The molecule has 0 radical (unpaired) electrons. The summed E-state index contributed by atoms with van der Waals surface area (Å²) < 4.78 is 5.95. The largest absolute Gasteiger partial charge is 0.300 e. The number of hydrogen-bond acceptors (Lipinski definition) is 5. The zero-order valence-electron chi connectivity index (χ0n) is 16.2. The molecule has 0 fully saturated rings. The van der Waals surface area contributed by atoms with Crippen LogP contribution >= 0.6 is 23.6 Å². The SMILES string of the molecule is CCn1c(-c2ccccc2)nn(CN(C)[C@H](C)c2nc3ccccc3s2)c1=S. The van der Waals surface area contributed by atoms with Gasteiger partial charge < -0.3 is 4.57 Å². The van der Waals surface area contributed by atoms with E-state index in [0.717, 1.165) is 33.2 Å². The highest BCUT2D eigenvalue weighted by Crippen LogP contribution is 2.29. The van der Waals surface area contributed by atoms with Crippen molar-refractivity contribution in [3.8, 4) is 11.4 Å². The summed E-state index contributed by atoms with van der Waals surface area (Å²) in [5.74, 6) is 0.911. The van der Waals surface area contributed by atoms with E-state index in [-0.39, 0.29) is 6.04 Å². The summed E-state index contributed by atoms with van der Waals surface area (Å²) in [6.45, 7) is 5.68. The Morgan fingerprint density at radius 1 is 1.11 bits per heavy atom. The first-order valence-corrected chi connectivity index (χ1v) is 10.6. The van der Waals surface area contributed by atoms with Crippen molar-refractivity contribution in [1.82, 2.24) is 24.2 Å². The molecule has 0 spiro atoms. The average molecular weight is 410 g/mol. The molecular weight excluding hydrogens is 386 g/mol. The van der Waals surface area contributed by atoms with Gasteiger partial charge in [0.15, 0.2) is 10.6 Å². The third kappa shape index (κ3) is 3.53. The van der Waals surface area contributed by atoms with E-state index in [9.17, 15) is 0 Å². The van der Waals surface area contributed by atoms with Crippen molar-refractivity contribution in [2.24, 2.45) is 0 Å². The minimum absolute atomic E-state index is 0.172. The molecule has 1 atom stereocenters. The number of para-hydroxylation sites is 1. The molecular formula is C21H23N5S2. The molecule has 2 aromatic heterocycles. The molecule has 0 saturated heterocycles. The lowest BCUT2D eigenvalue weighted by molar-refractivity contribution is 0.194. The number of nitrogens with zero attached hydrogens (tertiary/aromatic N) is 5. The van der Waals surface area contributed by atoms with Crippen molar-refractivity contribution in [3.63, 3.8) is 0 Å². The van der Waals surface area contributed by atoms with Gasteiger partial charge in [-0.1, -0.05) is 42.5 Å². The molecule has 0 saturated carbocycles. The van der Waals surface area contributed by atoms with Crippen molar-refractivity contribution in [2.45, 2.75) is 33.1 Å². The summed E-state index contributed by atoms with van der Waals surface area (Å²) in [4.78, 5) is 7.03. The van der Waals surface area contributed by atoms with Gasteiger partial charge in [0, 0.05) is 12.1 Å². The lowest BCUT2D eigenvalue weighted by atomic mass is 10.2. The predicted octanol–water partition coefficient (Wildman–Crippen LogP) is 5.36. The molecule has 2 aromatic carbocycles. The first-order chi connectivity index (χ1) is 13.6. The molecule has 0 amide bonds. The van der Waals surface area contributed by atoms with Crippen LogP contribution in [0.3, 0.4) is 0 Å². The Morgan fingerprint density at radius 2 is 1.82 bits per heavy atom. The smallest absolute Gasteiger partial charge is 0.199 e. The first kappa shape index (κ1) is 19.0. The first-order valence-electron chi connectivity index (χ1n) is 9.37. The highest BCUT2D eigenvalue weighted by molar-refractivity contribution is 7.71. The Balaban J connectivity index is 1.61. The molecule has 144 valence electrons. The highest BCUT2D eigenvalue weighted by atomic mass is 32.1. The monoisotopic (exact) mass is 409 g/mol. The fraction of sp³-hybridized carbons (Fsp3) is 0.286. The van der Waals surface area contributed by atoms with Gasteiger partial charge in [-0.3, -0.25) is 4.90 Å². The van der Waals surface area contributed by atoms with E-state index in [4.69, 9.17) is 22.3 Å². The lowest BCUT2D eigenvalue weighted by Gasteiger charge is -2.22. The Kier molecular flexibility index (Phi) is 5.39. The second-order valence-corrected chi connectivity index (χ2v) is 8.24. The second kappa shape index (κ2) is 7.95. The van der Waals surface area contributed by atoms with E-state index in [0.29, 0.717) is 6.67 Å². The third-order valence-electron chi connectivity index (χ3n) is 4.96. The number of benzene rings is 2. The molecule has 0 aliphatic carbocycles. The van der Waals surface area contributed by atoms with Crippen LogP contribution in [0.15, 0.2) is 54.6 Å². The molecule has 0 aliphatic heterocycles. The maximum Gasteiger partial charge on any atom is 0.199 e. The van der Waals surface area contributed by atoms with Crippen LogP contribution in [-0.4, -0.2) is 31.3 Å². The van der Waals surface area contributed by atoms with Gasteiger partial charge >= 0.3 is 0 Å². The molecule has 4 aromatic rings. The van der Waals surface area contributed by atoms with E-state index < -0.39 is 0 Å². The van der Waals surface area contributed by atoms with Gasteiger partial charge in [-0.25, -0.2) is 9.67 Å². The van der Waals surface area contributed by atoms with Crippen molar-refractivity contribution in [2.75, 3.05) is 7.05 Å². The van der Waals surface area contributed by atoms with Crippen LogP contribution in [0.5, 0.6) is 0 Å².